The number of phenols is 1. The Labute approximate surface area is 220 Å². The third-order valence-electron chi connectivity index (χ3n) is 6.01. The molecule has 2 aromatic carbocycles. The molecule has 2 N–H and O–H groups in total. The number of phenolic OH excluding ortho intramolecular Hbond substituents is 1. The van der Waals surface area contributed by atoms with E-state index in [9.17, 15) is 23.1 Å². The number of nitrogens with zero attached hydrogens (tertiary/aromatic N) is 1. The molecule has 0 aliphatic carbocycles. The highest BCUT2D eigenvalue weighted by Crippen LogP contribution is 2.31. The number of benzene rings is 2. The summed E-state index contributed by atoms with van der Waals surface area (Å²) in [5, 5.41) is 13.1. The smallest absolute Gasteiger partial charge is 0.410 e. The first-order chi connectivity index (χ1) is 17.1. The van der Waals surface area contributed by atoms with Gasteiger partial charge in [-0.05, 0) is 40.5 Å². The van der Waals surface area contributed by atoms with Gasteiger partial charge >= 0.3 is 6.09 Å². The van der Waals surface area contributed by atoms with Crippen molar-refractivity contribution < 1.29 is 27.9 Å². The van der Waals surface area contributed by atoms with Crippen molar-refractivity contribution in [2.75, 3.05) is 19.1 Å². The fourth-order valence-corrected chi connectivity index (χ4v) is 5.19. The maximum atomic E-state index is 13.4. The summed E-state index contributed by atoms with van der Waals surface area (Å²) in [7, 11) is -1.93. The zero-order valence-corrected chi connectivity index (χ0v) is 23.6. The van der Waals surface area contributed by atoms with Crippen molar-refractivity contribution in [1.29, 1.82) is 0 Å². The second kappa shape index (κ2) is 12.4. The van der Waals surface area contributed by atoms with Gasteiger partial charge in [0.2, 0.25) is 5.91 Å². The van der Waals surface area contributed by atoms with Crippen molar-refractivity contribution in [3.8, 4) is 5.75 Å². The molecule has 0 saturated heterocycles. The maximum Gasteiger partial charge on any atom is 0.410 e. The third kappa shape index (κ3) is 9.39. The fraction of sp³-hybridized carbons (Fsp3) is 0.500. The van der Waals surface area contributed by atoms with Gasteiger partial charge in [0.15, 0.2) is 0 Å². The number of hydrogen-bond acceptors (Lipinski definition) is 6. The van der Waals surface area contributed by atoms with E-state index < -0.39 is 33.9 Å². The molecule has 0 fully saturated rings. The Morgan fingerprint density at radius 3 is 2.22 bits per heavy atom. The average Bonchev–Trinajstić information content (AvgIpc) is 2.77. The van der Waals surface area contributed by atoms with Crippen LogP contribution in [0.5, 0.6) is 5.75 Å². The van der Waals surface area contributed by atoms with Crippen LogP contribution in [0.3, 0.4) is 0 Å². The molecule has 2 aromatic rings. The van der Waals surface area contributed by atoms with E-state index in [1.807, 2.05) is 71.0 Å². The van der Waals surface area contributed by atoms with Crippen LogP contribution in [-0.4, -0.2) is 61.6 Å². The van der Waals surface area contributed by atoms with Crippen LogP contribution in [0.2, 0.25) is 0 Å². The second-order valence-electron chi connectivity index (χ2n) is 10.9. The average molecular weight is 533 g/mol. The molecule has 9 heteroatoms. The van der Waals surface area contributed by atoms with E-state index >= 15 is 0 Å². The molecular weight excluding hydrogens is 492 g/mol. The molecule has 0 aliphatic rings. The highest BCUT2D eigenvalue weighted by atomic mass is 32.2. The lowest BCUT2D eigenvalue weighted by molar-refractivity contribution is -0.127. The first-order valence-corrected chi connectivity index (χ1v) is 14.4. The van der Waals surface area contributed by atoms with Crippen molar-refractivity contribution in [2.24, 2.45) is 5.92 Å². The summed E-state index contributed by atoms with van der Waals surface area (Å²) in [6.45, 7) is 9.62. The second-order valence-corrected chi connectivity index (χ2v) is 13.1. The molecule has 8 nitrogen and oxygen atoms in total. The summed E-state index contributed by atoms with van der Waals surface area (Å²) in [5.74, 6) is -0.820. The summed E-state index contributed by atoms with van der Waals surface area (Å²) in [6, 6.07) is 12.8. The van der Waals surface area contributed by atoms with Crippen molar-refractivity contribution >= 4 is 21.8 Å². The van der Waals surface area contributed by atoms with Crippen molar-refractivity contribution in [3.05, 3.63) is 65.2 Å². The highest BCUT2D eigenvalue weighted by molar-refractivity contribution is 7.90. The molecule has 204 valence electrons. The summed E-state index contributed by atoms with van der Waals surface area (Å²) in [4.78, 5) is 27.4. The monoisotopic (exact) mass is 532 g/mol. The van der Waals surface area contributed by atoms with E-state index in [0.29, 0.717) is 0 Å². The molecule has 0 aliphatic heterocycles. The van der Waals surface area contributed by atoms with Crippen LogP contribution in [0.4, 0.5) is 4.79 Å². The summed E-state index contributed by atoms with van der Waals surface area (Å²) < 4.78 is 29.8. The van der Waals surface area contributed by atoms with Crippen molar-refractivity contribution in [3.63, 3.8) is 0 Å². The Morgan fingerprint density at radius 2 is 1.68 bits per heavy atom. The number of rotatable bonds is 10. The molecular formula is C28H40N2O6S. The standard InChI is InChI=1S/C28H40N2O6S/c1-19(2)25(30(6)27(33)36-17-20-11-9-8-10-12-20)26(32)29-22(18-37(7,34)35)15-21-13-14-24(31)23(16-21)28(3,4)5/h8-14,16,19,22,25,31H,15,17-18H2,1-7H3,(H,29,32). The molecule has 0 spiro atoms. The van der Waals surface area contributed by atoms with Crippen LogP contribution >= 0.6 is 0 Å². The van der Waals surface area contributed by atoms with Gasteiger partial charge in [0, 0.05) is 19.3 Å². The van der Waals surface area contributed by atoms with Crippen LogP contribution in [0.15, 0.2) is 48.5 Å². The molecule has 37 heavy (non-hydrogen) atoms. The molecule has 0 saturated carbocycles. The lowest BCUT2D eigenvalue weighted by Crippen LogP contribution is -2.54. The van der Waals surface area contributed by atoms with Crippen molar-refractivity contribution in [1.82, 2.24) is 10.2 Å². The summed E-state index contributed by atoms with van der Waals surface area (Å²) >= 11 is 0. The fourth-order valence-electron chi connectivity index (χ4n) is 4.26. The number of likely N-dealkylation sites (N-methyl/N-ethyl adjacent to an activating group) is 1. The van der Waals surface area contributed by atoms with Gasteiger partial charge in [0.1, 0.15) is 28.2 Å². The van der Waals surface area contributed by atoms with Crippen LogP contribution in [-0.2, 0) is 37.8 Å². The topological polar surface area (TPSA) is 113 Å². The van der Waals surface area contributed by atoms with Gasteiger partial charge in [-0.2, -0.15) is 0 Å². The van der Waals surface area contributed by atoms with Gasteiger partial charge in [0.25, 0.3) is 0 Å². The molecule has 0 bridgehead atoms. The Hall–Kier alpha value is -3.07. The number of hydrogen-bond donors (Lipinski definition) is 2. The van der Waals surface area contributed by atoms with E-state index in [4.69, 9.17) is 4.74 Å². The Balaban J connectivity index is 2.21. The minimum absolute atomic E-state index is 0.0735. The van der Waals surface area contributed by atoms with Gasteiger partial charge in [0.05, 0.1) is 5.75 Å². The third-order valence-corrected chi connectivity index (χ3v) is 7.02. The summed E-state index contributed by atoms with van der Waals surface area (Å²) in [5.41, 5.74) is 2.02. The highest BCUT2D eigenvalue weighted by Gasteiger charge is 2.33. The van der Waals surface area contributed by atoms with Crippen molar-refractivity contribution in [2.45, 2.75) is 65.1 Å². The minimum Gasteiger partial charge on any atom is -0.508 e. The normalized spacial score (nSPS) is 13.6. The first kappa shape index (κ1) is 30.2. The molecule has 2 rings (SSSR count). The number of carbonyl (C=O) groups is 2. The molecule has 0 heterocycles. The van der Waals surface area contributed by atoms with E-state index in [1.165, 1.54) is 11.9 Å². The lowest BCUT2D eigenvalue weighted by Gasteiger charge is -2.31. The zero-order valence-electron chi connectivity index (χ0n) is 22.8. The quantitative estimate of drug-likeness (QED) is 0.477. The van der Waals surface area contributed by atoms with E-state index in [1.54, 1.807) is 12.1 Å². The van der Waals surface area contributed by atoms with Crippen LogP contribution < -0.4 is 5.32 Å². The van der Waals surface area contributed by atoms with Gasteiger partial charge in [-0.1, -0.05) is 77.1 Å². The van der Waals surface area contributed by atoms with Crippen LogP contribution in [0, 0.1) is 5.92 Å². The number of ether oxygens (including phenoxy) is 1. The predicted molar refractivity (Wildman–Crippen MR) is 145 cm³/mol. The van der Waals surface area contributed by atoms with Gasteiger partial charge in [-0.3, -0.25) is 9.69 Å². The Bertz CT molecular complexity index is 1170. The van der Waals surface area contributed by atoms with Gasteiger partial charge in [-0.15, -0.1) is 0 Å². The molecule has 0 radical (unpaired) electrons. The largest absolute Gasteiger partial charge is 0.508 e. The lowest BCUT2D eigenvalue weighted by atomic mass is 9.85. The van der Waals surface area contributed by atoms with E-state index in [2.05, 4.69) is 5.32 Å². The molecule has 2 unspecified atom stereocenters. The number of sulfone groups is 1. The molecule has 2 amide bonds. The maximum absolute atomic E-state index is 13.4. The zero-order chi connectivity index (χ0) is 28.0. The molecule has 2 atom stereocenters. The number of amides is 2. The van der Waals surface area contributed by atoms with Gasteiger partial charge in [-0.25, -0.2) is 13.2 Å². The Kier molecular flexibility index (Phi) is 10.1. The predicted octanol–water partition coefficient (Wildman–Crippen LogP) is 4.05. The van der Waals surface area contributed by atoms with Crippen LogP contribution in [0.25, 0.3) is 0 Å². The number of nitrogens with one attached hydrogen (secondary N) is 1. The van der Waals surface area contributed by atoms with E-state index in [0.717, 1.165) is 22.9 Å². The molecule has 0 aromatic heterocycles. The number of aromatic hydroxyl groups is 1. The summed E-state index contributed by atoms with van der Waals surface area (Å²) in [6.07, 6.45) is 0.719. The van der Waals surface area contributed by atoms with Gasteiger partial charge < -0.3 is 15.2 Å². The SMILES string of the molecule is CC(C)C(C(=O)NC(Cc1ccc(O)c(C(C)(C)C)c1)CS(C)(=O)=O)N(C)C(=O)OCc1ccccc1. The first-order valence-electron chi connectivity index (χ1n) is 12.3. The minimum atomic E-state index is -3.43. The Morgan fingerprint density at radius 1 is 1.05 bits per heavy atom. The van der Waals surface area contributed by atoms with Crippen LogP contribution in [0.1, 0.15) is 51.3 Å². The van der Waals surface area contributed by atoms with E-state index in [-0.39, 0.29) is 35.9 Å². The number of carbonyl (C=O) groups excluding carboxylic acids is 2.